The molecule has 0 atom stereocenters. The number of aliphatic hydroxyl groups excluding tert-OH is 2. The normalized spacial score (nSPS) is 11.4. The average Bonchev–Trinajstić information content (AvgIpc) is 2.42. The van der Waals surface area contributed by atoms with Gasteiger partial charge in [-0.1, -0.05) is 6.92 Å². The van der Waals surface area contributed by atoms with Gasteiger partial charge in [-0.15, -0.1) is 0 Å². The van der Waals surface area contributed by atoms with Crippen molar-refractivity contribution in [1.29, 1.82) is 5.26 Å². The summed E-state index contributed by atoms with van der Waals surface area (Å²) in [6, 6.07) is 3.56. The lowest BCUT2D eigenvalue weighted by atomic mass is 9.98. The second kappa shape index (κ2) is 6.57. The van der Waals surface area contributed by atoms with Crippen molar-refractivity contribution in [1.82, 2.24) is 5.32 Å². The lowest BCUT2D eigenvalue weighted by Gasteiger charge is -2.30. The van der Waals surface area contributed by atoms with E-state index in [1.165, 1.54) is 0 Å². The summed E-state index contributed by atoms with van der Waals surface area (Å²) >= 11 is 0. The molecule has 0 saturated heterocycles. The fraction of sp³-hybridized carbons (Fsp3) is 0.462. The minimum Gasteiger partial charge on any atom is -0.394 e. The summed E-state index contributed by atoms with van der Waals surface area (Å²) in [5.41, 5.74) is -1.30. The van der Waals surface area contributed by atoms with Crippen molar-refractivity contribution in [2.45, 2.75) is 25.4 Å². The molecule has 0 unspecified atom stereocenters. The third-order valence-electron chi connectivity index (χ3n) is 3.19. The quantitative estimate of drug-likeness (QED) is 0.722. The van der Waals surface area contributed by atoms with E-state index in [1.807, 2.05) is 0 Å². The van der Waals surface area contributed by atoms with Crippen LogP contribution in [0.15, 0.2) is 12.1 Å². The summed E-state index contributed by atoms with van der Waals surface area (Å²) in [6.45, 7) is 0.863. The Kier molecular flexibility index (Phi) is 5.36. The van der Waals surface area contributed by atoms with E-state index in [-0.39, 0.29) is 30.9 Å². The summed E-state index contributed by atoms with van der Waals surface area (Å²) in [5, 5.41) is 29.8. The Morgan fingerprint density at radius 3 is 2.16 bits per heavy atom. The summed E-state index contributed by atoms with van der Waals surface area (Å²) in [6.07, 6.45) is 0.402. The topological polar surface area (TPSA) is 76.3 Å². The maximum Gasteiger partial charge on any atom is 0.131 e. The van der Waals surface area contributed by atoms with Gasteiger partial charge in [-0.25, -0.2) is 8.78 Å². The molecule has 1 rings (SSSR count). The van der Waals surface area contributed by atoms with E-state index in [1.54, 1.807) is 13.0 Å². The first kappa shape index (κ1) is 15.5. The van der Waals surface area contributed by atoms with Gasteiger partial charge in [0.15, 0.2) is 0 Å². The maximum atomic E-state index is 13.6. The van der Waals surface area contributed by atoms with Gasteiger partial charge >= 0.3 is 0 Å². The Morgan fingerprint density at radius 2 is 1.79 bits per heavy atom. The summed E-state index contributed by atoms with van der Waals surface area (Å²) in [7, 11) is 0. The molecule has 0 bridgehead atoms. The first-order chi connectivity index (χ1) is 9.01. The Balaban J connectivity index is 2.92. The van der Waals surface area contributed by atoms with Crippen LogP contribution in [0.2, 0.25) is 0 Å². The van der Waals surface area contributed by atoms with Crippen LogP contribution in [0.5, 0.6) is 0 Å². The van der Waals surface area contributed by atoms with Crippen LogP contribution in [0.1, 0.15) is 24.5 Å². The molecule has 6 heteroatoms. The first-order valence-corrected chi connectivity index (χ1v) is 5.86. The predicted molar refractivity (Wildman–Crippen MR) is 65.1 cm³/mol. The zero-order valence-electron chi connectivity index (χ0n) is 10.6. The Hall–Kier alpha value is -1.55. The van der Waals surface area contributed by atoms with E-state index in [0.717, 1.165) is 12.1 Å². The van der Waals surface area contributed by atoms with E-state index in [2.05, 4.69) is 5.32 Å². The molecule has 0 radical (unpaired) electrons. The fourth-order valence-electron chi connectivity index (χ4n) is 1.62. The number of hydrogen-bond donors (Lipinski definition) is 3. The molecule has 0 aromatic heterocycles. The van der Waals surface area contributed by atoms with Crippen molar-refractivity contribution in [2.75, 3.05) is 13.2 Å². The van der Waals surface area contributed by atoms with Crippen molar-refractivity contribution in [3.63, 3.8) is 0 Å². The van der Waals surface area contributed by atoms with Gasteiger partial charge in [0, 0.05) is 12.1 Å². The van der Waals surface area contributed by atoms with Gasteiger partial charge < -0.3 is 15.5 Å². The number of rotatable bonds is 6. The van der Waals surface area contributed by atoms with Crippen molar-refractivity contribution in [3.05, 3.63) is 34.9 Å². The molecule has 1 aromatic carbocycles. The molecular weight excluding hydrogens is 254 g/mol. The molecule has 0 fully saturated rings. The number of hydrogen-bond acceptors (Lipinski definition) is 4. The predicted octanol–water partition coefficient (Wildman–Crippen LogP) is 1.06. The van der Waals surface area contributed by atoms with Crippen LogP contribution < -0.4 is 5.32 Å². The zero-order chi connectivity index (χ0) is 14.5. The lowest BCUT2D eigenvalue weighted by molar-refractivity contribution is 0.0858. The van der Waals surface area contributed by atoms with Crippen molar-refractivity contribution < 1.29 is 19.0 Å². The number of nitrogens with one attached hydrogen (secondary N) is 1. The molecule has 4 nitrogen and oxygen atoms in total. The second-order valence-electron chi connectivity index (χ2n) is 4.33. The molecule has 0 amide bonds. The molecule has 104 valence electrons. The van der Waals surface area contributed by atoms with E-state index >= 15 is 0 Å². The van der Waals surface area contributed by atoms with Gasteiger partial charge in [0.05, 0.1) is 30.4 Å². The van der Waals surface area contributed by atoms with E-state index in [9.17, 15) is 19.0 Å². The standard InChI is InChI=1S/C13H16F2N2O2/c1-2-13(7-18,8-19)17-6-10-11(14)3-9(5-16)4-12(10)15/h3-4,17-19H,2,6-8H2,1H3. The molecule has 0 spiro atoms. The van der Waals surface area contributed by atoms with E-state index in [4.69, 9.17) is 5.26 Å². The smallest absolute Gasteiger partial charge is 0.131 e. The van der Waals surface area contributed by atoms with Gasteiger partial charge in [0.2, 0.25) is 0 Å². The molecule has 1 aromatic rings. The van der Waals surface area contributed by atoms with Gasteiger partial charge in [0.25, 0.3) is 0 Å². The fourth-order valence-corrected chi connectivity index (χ4v) is 1.62. The molecular formula is C13H16F2N2O2. The second-order valence-corrected chi connectivity index (χ2v) is 4.33. The van der Waals surface area contributed by atoms with Crippen molar-refractivity contribution >= 4 is 0 Å². The van der Waals surface area contributed by atoms with Crippen LogP contribution in [0.4, 0.5) is 8.78 Å². The van der Waals surface area contributed by atoms with E-state index in [0.29, 0.717) is 6.42 Å². The van der Waals surface area contributed by atoms with Gasteiger partial charge in [-0.05, 0) is 18.6 Å². The highest BCUT2D eigenvalue weighted by Crippen LogP contribution is 2.17. The van der Waals surface area contributed by atoms with Crippen molar-refractivity contribution in [2.24, 2.45) is 0 Å². The molecule has 0 aliphatic heterocycles. The number of halogens is 2. The van der Waals surface area contributed by atoms with E-state index < -0.39 is 17.2 Å². The summed E-state index contributed by atoms with van der Waals surface area (Å²) < 4.78 is 27.3. The van der Waals surface area contributed by atoms with Crippen LogP contribution in [-0.4, -0.2) is 29.0 Å². The number of nitrogens with zero attached hydrogens (tertiary/aromatic N) is 1. The Labute approximate surface area is 110 Å². The van der Waals surface area contributed by atoms with Gasteiger partial charge in [0.1, 0.15) is 11.6 Å². The largest absolute Gasteiger partial charge is 0.394 e. The lowest BCUT2D eigenvalue weighted by Crippen LogP contribution is -2.51. The highest BCUT2D eigenvalue weighted by Gasteiger charge is 2.26. The van der Waals surface area contributed by atoms with Crippen molar-refractivity contribution in [3.8, 4) is 6.07 Å². The highest BCUT2D eigenvalue weighted by molar-refractivity contribution is 5.34. The zero-order valence-corrected chi connectivity index (χ0v) is 10.6. The van der Waals surface area contributed by atoms with Gasteiger partial charge in [-0.2, -0.15) is 5.26 Å². The Morgan fingerprint density at radius 1 is 1.26 bits per heavy atom. The summed E-state index contributed by atoms with van der Waals surface area (Å²) in [5.74, 6) is -1.66. The highest BCUT2D eigenvalue weighted by atomic mass is 19.1. The molecule has 3 N–H and O–H groups in total. The van der Waals surface area contributed by atoms with Crippen LogP contribution in [0.25, 0.3) is 0 Å². The van der Waals surface area contributed by atoms with Gasteiger partial charge in [-0.3, -0.25) is 0 Å². The molecule has 0 saturated carbocycles. The minimum atomic E-state index is -0.979. The molecule has 0 aliphatic rings. The first-order valence-electron chi connectivity index (χ1n) is 5.86. The molecule has 0 heterocycles. The monoisotopic (exact) mass is 270 g/mol. The number of nitriles is 1. The summed E-state index contributed by atoms with van der Waals surface area (Å²) in [4.78, 5) is 0. The average molecular weight is 270 g/mol. The third-order valence-corrected chi connectivity index (χ3v) is 3.19. The van der Waals surface area contributed by atoms with Crippen LogP contribution >= 0.6 is 0 Å². The third kappa shape index (κ3) is 3.47. The van der Waals surface area contributed by atoms with Crippen LogP contribution in [0, 0.1) is 23.0 Å². The van der Waals surface area contributed by atoms with Crippen LogP contribution in [0.3, 0.4) is 0 Å². The SMILES string of the molecule is CCC(CO)(CO)NCc1c(F)cc(C#N)cc1F. The minimum absolute atomic E-state index is 0.0928. The van der Waals surface area contributed by atoms with Crippen LogP contribution in [-0.2, 0) is 6.54 Å². The Bertz CT molecular complexity index is 451. The number of benzene rings is 1. The number of aliphatic hydroxyl groups is 2. The maximum absolute atomic E-state index is 13.6. The molecule has 19 heavy (non-hydrogen) atoms. The molecule has 0 aliphatic carbocycles.